The zero-order valence-corrected chi connectivity index (χ0v) is 17.3. The molecule has 1 aliphatic carbocycles. The normalized spacial score (nSPS) is 20.1. The summed E-state index contributed by atoms with van der Waals surface area (Å²) in [5, 5.41) is 9.15. The maximum atomic E-state index is 12.8. The van der Waals surface area contributed by atoms with Crippen LogP contribution in [0, 0.1) is 0 Å². The summed E-state index contributed by atoms with van der Waals surface area (Å²) in [5.74, 6) is 0.903. The molecule has 1 fully saturated rings. The summed E-state index contributed by atoms with van der Waals surface area (Å²) in [6, 6.07) is 6.01. The van der Waals surface area contributed by atoms with E-state index in [0.29, 0.717) is 18.5 Å². The van der Waals surface area contributed by atoms with Crippen molar-refractivity contribution in [2.24, 2.45) is 0 Å². The molecule has 150 valence electrons. The van der Waals surface area contributed by atoms with Gasteiger partial charge in [-0.1, -0.05) is 23.2 Å². The van der Waals surface area contributed by atoms with Crippen molar-refractivity contribution in [3.05, 3.63) is 52.5 Å². The number of sulfonamides is 1. The predicted molar refractivity (Wildman–Crippen MR) is 110 cm³/mol. The number of fused-ring (bicyclic) bond motifs is 3. The highest BCUT2D eigenvalue weighted by Gasteiger charge is 2.32. The molecule has 0 bridgehead atoms. The molecule has 0 spiro atoms. The van der Waals surface area contributed by atoms with Gasteiger partial charge in [0.2, 0.25) is 10.0 Å². The van der Waals surface area contributed by atoms with Crippen LogP contribution in [0.1, 0.15) is 31.0 Å². The van der Waals surface area contributed by atoms with Crippen LogP contribution in [0.25, 0.3) is 16.8 Å². The van der Waals surface area contributed by atoms with Crippen molar-refractivity contribution in [3.63, 3.8) is 0 Å². The molecule has 8 nitrogen and oxygen atoms in total. The number of benzene rings is 1. The van der Waals surface area contributed by atoms with Crippen molar-refractivity contribution in [2.75, 3.05) is 0 Å². The molecule has 5 rings (SSSR count). The zero-order valence-electron chi connectivity index (χ0n) is 15.0. The number of nitrogens with zero attached hydrogens (tertiary/aromatic N) is 4. The molecule has 4 aromatic rings. The lowest BCUT2D eigenvalue weighted by Gasteiger charge is -2.14. The second kappa shape index (κ2) is 6.94. The fraction of sp³-hybridized carbons (Fsp3) is 0.278. The SMILES string of the molecule is O=S(=O)(N[C@H]1CC[C@@H](c2nnc3cnc4[nH]ccc4n23)C1)c1cc(Cl)cc(Cl)c1. The second-order valence-corrected chi connectivity index (χ2v) is 9.74. The molecule has 1 aromatic carbocycles. The minimum absolute atomic E-state index is 0.0616. The molecule has 2 atom stereocenters. The summed E-state index contributed by atoms with van der Waals surface area (Å²) < 4.78 is 30.3. The second-order valence-electron chi connectivity index (χ2n) is 7.15. The van der Waals surface area contributed by atoms with Crippen molar-refractivity contribution in [1.29, 1.82) is 0 Å². The van der Waals surface area contributed by atoms with E-state index in [4.69, 9.17) is 23.2 Å². The van der Waals surface area contributed by atoms with Gasteiger partial charge in [-0.3, -0.25) is 4.40 Å². The Kier molecular flexibility index (Phi) is 4.50. The minimum atomic E-state index is -3.73. The third-order valence-electron chi connectivity index (χ3n) is 5.23. The topological polar surface area (TPSA) is 105 Å². The fourth-order valence-electron chi connectivity index (χ4n) is 3.96. The van der Waals surface area contributed by atoms with E-state index >= 15 is 0 Å². The van der Waals surface area contributed by atoms with Crippen molar-refractivity contribution in [2.45, 2.75) is 36.1 Å². The van der Waals surface area contributed by atoms with Crippen LogP contribution in [0.5, 0.6) is 0 Å². The van der Waals surface area contributed by atoms with Gasteiger partial charge in [-0.05, 0) is 43.5 Å². The average molecular weight is 451 g/mol. The van der Waals surface area contributed by atoms with E-state index in [1.165, 1.54) is 18.2 Å². The number of aromatic nitrogens is 5. The number of nitrogens with one attached hydrogen (secondary N) is 2. The maximum Gasteiger partial charge on any atom is 0.240 e. The molecule has 29 heavy (non-hydrogen) atoms. The highest BCUT2D eigenvalue weighted by molar-refractivity contribution is 7.89. The van der Waals surface area contributed by atoms with Gasteiger partial charge in [0.25, 0.3) is 0 Å². The predicted octanol–water partition coefficient (Wildman–Crippen LogP) is 3.53. The number of rotatable bonds is 4. The smallest absolute Gasteiger partial charge is 0.240 e. The lowest BCUT2D eigenvalue weighted by Crippen LogP contribution is -2.33. The van der Waals surface area contributed by atoms with Gasteiger partial charge in [-0.15, -0.1) is 10.2 Å². The van der Waals surface area contributed by atoms with Crippen molar-refractivity contribution in [3.8, 4) is 0 Å². The fourth-order valence-corrected chi connectivity index (χ4v) is 5.97. The van der Waals surface area contributed by atoms with Gasteiger partial charge in [0.15, 0.2) is 11.3 Å². The summed E-state index contributed by atoms with van der Waals surface area (Å²) in [6.07, 6.45) is 5.63. The highest BCUT2D eigenvalue weighted by Crippen LogP contribution is 2.35. The Bertz CT molecular complexity index is 1310. The van der Waals surface area contributed by atoms with Crippen molar-refractivity contribution >= 4 is 50.0 Å². The van der Waals surface area contributed by atoms with E-state index in [2.05, 4.69) is 24.9 Å². The molecular formula is C18H16Cl2N6O2S. The lowest BCUT2D eigenvalue weighted by molar-refractivity contribution is 0.546. The van der Waals surface area contributed by atoms with E-state index in [9.17, 15) is 8.42 Å². The Labute approximate surface area is 176 Å². The maximum absolute atomic E-state index is 12.8. The third kappa shape index (κ3) is 3.38. The molecule has 0 aliphatic heterocycles. The Balaban J connectivity index is 1.41. The van der Waals surface area contributed by atoms with Crippen LogP contribution >= 0.6 is 23.2 Å². The van der Waals surface area contributed by atoms with E-state index in [0.717, 1.165) is 23.4 Å². The zero-order chi connectivity index (χ0) is 20.2. The first-order valence-corrected chi connectivity index (χ1v) is 11.3. The Morgan fingerprint density at radius 2 is 1.93 bits per heavy atom. The van der Waals surface area contributed by atoms with Crippen LogP contribution in [-0.2, 0) is 10.0 Å². The van der Waals surface area contributed by atoms with E-state index < -0.39 is 10.0 Å². The molecule has 0 unspecified atom stereocenters. The monoisotopic (exact) mass is 450 g/mol. The number of halogens is 2. The number of aromatic amines is 1. The molecule has 0 radical (unpaired) electrons. The van der Waals surface area contributed by atoms with Crippen LogP contribution in [0.3, 0.4) is 0 Å². The standard InChI is InChI=1S/C18H16Cl2N6O2S/c19-11-6-12(20)8-14(7-11)29(27,28)25-13-2-1-10(5-13)18-24-23-16-9-22-17-15(26(16)18)3-4-21-17/h3-4,6-10,13,21,25H,1-2,5H2/t10-,13+/m1/s1. The summed E-state index contributed by atoms with van der Waals surface area (Å²) in [7, 11) is -3.73. The first kappa shape index (κ1) is 18.8. The van der Waals surface area contributed by atoms with Gasteiger partial charge in [0.05, 0.1) is 16.6 Å². The summed E-state index contributed by atoms with van der Waals surface area (Å²) in [6.45, 7) is 0. The van der Waals surface area contributed by atoms with Gasteiger partial charge < -0.3 is 4.98 Å². The van der Waals surface area contributed by atoms with Gasteiger partial charge >= 0.3 is 0 Å². The van der Waals surface area contributed by atoms with Gasteiger partial charge in [0, 0.05) is 28.2 Å². The van der Waals surface area contributed by atoms with E-state index in [-0.39, 0.29) is 26.9 Å². The molecule has 11 heteroatoms. The van der Waals surface area contributed by atoms with E-state index in [1.807, 2.05) is 16.7 Å². The molecule has 0 amide bonds. The quantitative estimate of drug-likeness (QED) is 0.494. The Morgan fingerprint density at radius 1 is 1.14 bits per heavy atom. The number of hydrogen-bond acceptors (Lipinski definition) is 5. The Hall–Kier alpha value is -2.20. The van der Waals surface area contributed by atoms with Crippen LogP contribution < -0.4 is 4.72 Å². The third-order valence-corrected chi connectivity index (χ3v) is 7.17. The Morgan fingerprint density at radius 3 is 2.72 bits per heavy atom. The summed E-state index contributed by atoms with van der Waals surface area (Å²) in [4.78, 5) is 7.48. The molecule has 3 aromatic heterocycles. The molecule has 1 saturated carbocycles. The van der Waals surface area contributed by atoms with E-state index in [1.54, 1.807) is 6.20 Å². The summed E-state index contributed by atoms with van der Waals surface area (Å²) >= 11 is 11.9. The van der Waals surface area contributed by atoms with Crippen LogP contribution in [0.2, 0.25) is 10.0 Å². The molecule has 2 N–H and O–H groups in total. The summed E-state index contributed by atoms with van der Waals surface area (Å²) in [5.41, 5.74) is 2.33. The van der Waals surface area contributed by atoms with Crippen LogP contribution in [-0.4, -0.2) is 39.0 Å². The molecule has 0 saturated heterocycles. The van der Waals surface area contributed by atoms with Gasteiger partial charge in [-0.2, -0.15) is 0 Å². The highest BCUT2D eigenvalue weighted by atomic mass is 35.5. The van der Waals surface area contributed by atoms with Crippen molar-refractivity contribution in [1.82, 2.24) is 29.3 Å². The average Bonchev–Trinajstić information content (AvgIpc) is 3.38. The number of hydrogen-bond donors (Lipinski definition) is 2. The van der Waals surface area contributed by atoms with Gasteiger partial charge in [-0.25, -0.2) is 18.1 Å². The molecule has 3 heterocycles. The number of H-pyrrole nitrogens is 1. The first-order chi connectivity index (χ1) is 13.9. The molecule has 1 aliphatic rings. The largest absolute Gasteiger partial charge is 0.345 e. The first-order valence-electron chi connectivity index (χ1n) is 9.06. The minimum Gasteiger partial charge on any atom is -0.345 e. The van der Waals surface area contributed by atoms with Gasteiger partial charge in [0.1, 0.15) is 5.82 Å². The van der Waals surface area contributed by atoms with Crippen LogP contribution in [0.15, 0.2) is 41.6 Å². The van der Waals surface area contributed by atoms with Crippen LogP contribution in [0.4, 0.5) is 0 Å². The lowest BCUT2D eigenvalue weighted by atomic mass is 10.1. The molecular weight excluding hydrogens is 435 g/mol. The van der Waals surface area contributed by atoms with Crippen molar-refractivity contribution < 1.29 is 8.42 Å².